The molecule has 0 saturated carbocycles. The maximum atomic E-state index is 12.7. The van der Waals surface area contributed by atoms with Crippen molar-refractivity contribution < 1.29 is 9.59 Å². The number of fused-ring (bicyclic) bond motifs is 1. The monoisotopic (exact) mass is 365 g/mol. The van der Waals surface area contributed by atoms with E-state index in [1.165, 1.54) is 5.56 Å². The molecule has 2 aromatic rings. The van der Waals surface area contributed by atoms with Crippen LogP contribution in [0.2, 0.25) is 0 Å². The molecule has 1 saturated heterocycles. The molecule has 0 spiro atoms. The van der Waals surface area contributed by atoms with Gasteiger partial charge < -0.3 is 14.7 Å². The number of carbonyl (C=O) groups excluding carboxylic acids is 2. The first kappa shape index (κ1) is 17.5. The highest BCUT2D eigenvalue weighted by molar-refractivity contribution is 5.92. The largest absolute Gasteiger partial charge is 0.339 e. The minimum Gasteiger partial charge on any atom is -0.339 e. The number of para-hydroxylation sites is 1. The molecule has 7 heteroatoms. The summed E-state index contributed by atoms with van der Waals surface area (Å²) in [7, 11) is 0. The molecule has 0 unspecified atom stereocenters. The van der Waals surface area contributed by atoms with Crippen molar-refractivity contribution in [3.05, 3.63) is 47.7 Å². The van der Waals surface area contributed by atoms with Crippen molar-refractivity contribution in [2.45, 2.75) is 19.8 Å². The van der Waals surface area contributed by atoms with Gasteiger partial charge in [-0.05, 0) is 36.6 Å². The van der Waals surface area contributed by atoms with Gasteiger partial charge in [-0.1, -0.05) is 18.2 Å². The van der Waals surface area contributed by atoms with Crippen LogP contribution in [0.3, 0.4) is 0 Å². The number of aryl methyl sites for hydroxylation is 1. The van der Waals surface area contributed by atoms with E-state index < -0.39 is 0 Å². The lowest BCUT2D eigenvalue weighted by Crippen LogP contribution is -2.50. The molecule has 0 bridgehead atoms. The van der Waals surface area contributed by atoms with Crippen LogP contribution in [0.4, 0.5) is 11.5 Å². The van der Waals surface area contributed by atoms with E-state index in [2.05, 4.69) is 33.3 Å². The van der Waals surface area contributed by atoms with Gasteiger partial charge >= 0.3 is 0 Å². The first-order chi connectivity index (χ1) is 13.1. The summed E-state index contributed by atoms with van der Waals surface area (Å²) in [4.78, 5) is 29.7. The van der Waals surface area contributed by atoms with Gasteiger partial charge in [0, 0.05) is 45.3 Å². The molecule has 1 aromatic carbocycles. The Kier molecular flexibility index (Phi) is 4.75. The minimum atomic E-state index is -0.128. The Morgan fingerprint density at radius 2 is 1.63 bits per heavy atom. The zero-order valence-electron chi connectivity index (χ0n) is 15.5. The fourth-order valence-electron chi connectivity index (χ4n) is 3.74. The number of anilines is 2. The second-order valence-electron chi connectivity index (χ2n) is 6.96. The first-order valence-corrected chi connectivity index (χ1v) is 9.37. The first-order valence-electron chi connectivity index (χ1n) is 9.37. The number of benzene rings is 1. The molecule has 4 rings (SSSR count). The molecule has 7 nitrogen and oxygen atoms in total. The van der Waals surface area contributed by atoms with Crippen LogP contribution in [-0.4, -0.2) is 64.5 Å². The van der Waals surface area contributed by atoms with E-state index >= 15 is 0 Å². The van der Waals surface area contributed by atoms with Gasteiger partial charge in [0.2, 0.25) is 5.91 Å². The van der Waals surface area contributed by atoms with E-state index in [1.807, 2.05) is 12.1 Å². The number of hydrogen-bond acceptors (Lipinski definition) is 5. The van der Waals surface area contributed by atoms with Gasteiger partial charge in [-0.25, -0.2) is 0 Å². The third-order valence-electron chi connectivity index (χ3n) is 5.27. The van der Waals surface area contributed by atoms with Crippen molar-refractivity contribution >= 4 is 23.3 Å². The normalized spacial score (nSPS) is 16.9. The zero-order chi connectivity index (χ0) is 18.8. The molecular weight excluding hydrogens is 342 g/mol. The smallest absolute Gasteiger partial charge is 0.274 e. The number of carbonyl (C=O) groups is 2. The number of piperazine rings is 1. The van der Waals surface area contributed by atoms with Crippen LogP contribution >= 0.6 is 0 Å². The summed E-state index contributed by atoms with van der Waals surface area (Å²) in [5.41, 5.74) is 2.83. The summed E-state index contributed by atoms with van der Waals surface area (Å²) in [6.07, 6.45) is 2.14. The van der Waals surface area contributed by atoms with E-state index in [0.29, 0.717) is 31.9 Å². The molecule has 0 atom stereocenters. The topological polar surface area (TPSA) is 69.6 Å². The summed E-state index contributed by atoms with van der Waals surface area (Å²) < 4.78 is 0. The van der Waals surface area contributed by atoms with Gasteiger partial charge in [0.25, 0.3) is 5.91 Å². The minimum absolute atomic E-state index is 0.0491. The lowest BCUT2D eigenvalue weighted by molar-refractivity contribution is -0.130. The summed E-state index contributed by atoms with van der Waals surface area (Å²) in [6.45, 7) is 4.64. The third-order valence-corrected chi connectivity index (χ3v) is 5.27. The summed E-state index contributed by atoms with van der Waals surface area (Å²) in [6, 6.07) is 12.0. The lowest BCUT2D eigenvalue weighted by Gasteiger charge is -2.34. The van der Waals surface area contributed by atoms with Crippen molar-refractivity contribution in [1.29, 1.82) is 0 Å². The van der Waals surface area contributed by atoms with Crippen LogP contribution in [0.1, 0.15) is 29.4 Å². The van der Waals surface area contributed by atoms with Crippen LogP contribution in [0, 0.1) is 0 Å². The number of nitrogens with zero attached hydrogens (tertiary/aromatic N) is 5. The van der Waals surface area contributed by atoms with Crippen LogP contribution in [0.25, 0.3) is 0 Å². The molecule has 27 heavy (non-hydrogen) atoms. The van der Waals surface area contributed by atoms with Crippen molar-refractivity contribution in [2.24, 2.45) is 0 Å². The van der Waals surface area contributed by atoms with E-state index in [-0.39, 0.29) is 11.8 Å². The average Bonchev–Trinajstić information content (AvgIpc) is 2.73. The Bertz CT molecular complexity index is 844. The number of rotatable bonds is 2. The van der Waals surface area contributed by atoms with Gasteiger partial charge in [0.15, 0.2) is 11.5 Å². The molecule has 2 aliphatic heterocycles. The van der Waals surface area contributed by atoms with Gasteiger partial charge in [-0.2, -0.15) is 0 Å². The van der Waals surface area contributed by atoms with E-state index in [0.717, 1.165) is 30.9 Å². The predicted molar refractivity (Wildman–Crippen MR) is 102 cm³/mol. The average molecular weight is 365 g/mol. The quantitative estimate of drug-likeness (QED) is 0.813. The van der Waals surface area contributed by atoms with E-state index in [1.54, 1.807) is 22.8 Å². The van der Waals surface area contributed by atoms with Crippen molar-refractivity contribution in [3.63, 3.8) is 0 Å². The van der Waals surface area contributed by atoms with Crippen molar-refractivity contribution in [3.8, 4) is 0 Å². The maximum absolute atomic E-state index is 12.7. The van der Waals surface area contributed by atoms with Crippen LogP contribution in [0.5, 0.6) is 0 Å². The molecule has 140 valence electrons. The Morgan fingerprint density at radius 3 is 2.33 bits per heavy atom. The Morgan fingerprint density at radius 1 is 0.889 bits per heavy atom. The Labute approximate surface area is 158 Å². The number of hydrogen-bond donors (Lipinski definition) is 0. The summed E-state index contributed by atoms with van der Waals surface area (Å²) in [5.74, 6) is 0.685. The maximum Gasteiger partial charge on any atom is 0.274 e. The molecule has 1 fully saturated rings. The highest BCUT2D eigenvalue weighted by Crippen LogP contribution is 2.31. The predicted octanol–water partition coefficient (Wildman–Crippen LogP) is 1.87. The Balaban J connectivity index is 1.47. The fourth-order valence-corrected chi connectivity index (χ4v) is 3.74. The van der Waals surface area contributed by atoms with Crippen LogP contribution < -0.4 is 4.90 Å². The molecule has 2 amide bonds. The summed E-state index contributed by atoms with van der Waals surface area (Å²) >= 11 is 0. The second-order valence-corrected chi connectivity index (χ2v) is 6.96. The van der Waals surface area contributed by atoms with Crippen LogP contribution in [0.15, 0.2) is 36.4 Å². The fraction of sp³-hybridized carbons (Fsp3) is 0.400. The second kappa shape index (κ2) is 7.34. The summed E-state index contributed by atoms with van der Waals surface area (Å²) in [5, 5.41) is 8.52. The molecule has 0 N–H and O–H groups in total. The van der Waals surface area contributed by atoms with Crippen molar-refractivity contribution in [1.82, 2.24) is 20.0 Å². The number of amides is 2. The van der Waals surface area contributed by atoms with E-state index in [9.17, 15) is 9.59 Å². The molecule has 3 heterocycles. The highest BCUT2D eigenvalue weighted by atomic mass is 16.2. The lowest BCUT2D eigenvalue weighted by atomic mass is 10.0. The molecule has 0 radical (unpaired) electrons. The van der Waals surface area contributed by atoms with Gasteiger partial charge in [-0.3, -0.25) is 9.59 Å². The zero-order valence-corrected chi connectivity index (χ0v) is 15.5. The van der Waals surface area contributed by atoms with Gasteiger partial charge in [-0.15, -0.1) is 10.2 Å². The Hall–Kier alpha value is -2.96. The molecule has 0 aliphatic carbocycles. The standard InChI is InChI=1S/C20H23N5O2/c1-15(26)23-11-13-24(14-12-23)20(27)17-8-9-19(22-21-17)25-10-4-6-16-5-2-3-7-18(16)25/h2-3,5,7-9H,4,6,10-14H2,1H3. The number of aromatic nitrogens is 2. The SMILES string of the molecule is CC(=O)N1CCN(C(=O)c2ccc(N3CCCc4ccccc43)nn2)CC1. The third kappa shape index (κ3) is 3.49. The molecular formula is C20H23N5O2. The van der Waals surface area contributed by atoms with Gasteiger partial charge in [0.1, 0.15) is 0 Å². The highest BCUT2D eigenvalue weighted by Gasteiger charge is 2.25. The van der Waals surface area contributed by atoms with E-state index in [4.69, 9.17) is 0 Å². The molecule has 1 aromatic heterocycles. The van der Waals surface area contributed by atoms with Crippen LogP contribution in [-0.2, 0) is 11.2 Å². The van der Waals surface area contributed by atoms with Crippen molar-refractivity contribution in [2.75, 3.05) is 37.6 Å². The van der Waals surface area contributed by atoms with Gasteiger partial charge in [0.05, 0.1) is 0 Å². The molecule has 2 aliphatic rings.